The van der Waals surface area contributed by atoms with Crippen LogP contribution in [0, 0.1) is 10.1 Å². The molecule has 0 fully saturated rings. The van der Waals surface area contributed by atoms with E-state index in [4.69, 9.17) is 10.3 Å². The molecule has 2 rings (SSSR count). The van der Waals surface area contributed by atoms with Crippen molar-refractivity contribution in [3.05, 3.63) is 28.3 Å². The Morgan fingerprint density at radius 3 is 2.94 bits per heavy atom. The summed E-state index contributed by atoms with van der Waals surface area (Å²) in [6.07, 6.45) is 0. The van der Waals surface area contributed by atoms with Gasteiger partial charge in [0.25, 0.3) is 5.69 Å². The molecule has 8 heteroatoms. The maximum absolute atomic E-state index is 10.6. The number of thioether (sulfide) groups is 1. The summed E-state index contributed by atoms with van der Waals surface area (Å²) in [5.74, 6) is 0.699. The minimum absolute atomic E-state index is 0. The van der Waals surface area contributed by atoms with Crippen molar-refractivity contribution in [2.75, 3.05) is 12.3 Å². The number of benzene rings is 1. The van der Waals surface area contributed by atoms with Gasteiger partial charge in [-0.3, -0.25) is 10.1 Å². The largest absolute Gasteiger partial charge is 0.355 e. The van der Waals surface area contributed by atoms with Gasteiger partial charge in [0.1, 0.15) is 5.03 Å². The van der Waals surface area contributed by atoms with Gasteiger partial charge in [-0.15, -0.1) is 24.2 Å². The van der Waals surface area contributed by atoms with Crippen molar-refractivity contribution in [3.63, 3.8) is 0 Å². The molecule has 1 aromatic heterocycles. The summed E-state index contributed by atoms with van der Waals surface area (Å²) in [7, 11) is 0. The van der Waals surface area contributed by atoms with Crippen molar-refractivity contribution >= 4 is 40.8 Å². The summed E-state index contributed by atoms with van der Waals surface area (Å²) in [5, 5.41) is 15.8. The van der Waals surface area contributed by atoms with Gasteiger partial charge in [-0.25, -0.2) is 0 Å². The highest BCUT2D eigenvalue weighted by atomic mass is 35.5. The van der Waals surface area contributed by atoms with E-state index in [2.05, 4.69) is 5.16 Å². The summed E-state index contributed by atoms with van der Waals surface area (Å²) >= 11 is 1.42. The van der Waals surface area contributed by atoms with E-state index in [1.807, 2.05) is 0 Å². The lowest BCUT2D eigenvalue weighted by molar-refractivity contribution is -0.384. The van der Waals surface area contributed by atoms with Crippen LogP contribution in [-0.2, 0) is 0 Å². The minimum atomic E-state index is -0.441. The fourth-order valence-corrected chi connectivity index (χ4v) is 1.99. The first-order chi connectivity index (χ1) is 7.72. The van der Waals surface area contributed by atoms with Crippen LogP contribution in [0.1, 0.15) is 0 Å². The van der Waals surface area contributed by atoms with Crippen LogP contribution >= 0.6 is 24.2 Å². The highest BCUT2D eigenvalue weighted by Gasteiger charge is 2.13. The molecule has 2 N–H and O–H groups in total. The lowest BCUT2D eigenvalue weighted by atomic mass is 10.2. The summed E-state index contributed by atoms with van der Waals surface area (Å²) in [4.78, 5) is 10.2. The normalized spacial score (nSPS) is 10.2. The highest BCUT2D eigenvalue weighted by molar-refractivity contribution is 7.99. The van der Waals surface area contributed by atoms with Gasteiger partial charge >= 0.3 is 0 Å². The van der Waals surface area contributed by atoms with Crippen LogP contribution in [0.3, 0.4) is 0 Å². The Morgan fingerprint density at radius 2 is 2.29 bits per heavy atom. The van der Waals surface area contributed by atoms with Gasteiger partial charge in [-0.2, -0.15) is 0 Å². The van der Waals surface area contributed by atoms with Gasteiger partial charge in [0.2, 0.25) is 0 Å². The van der Waals surface area contributed by atoms with Crippen molar-refractivity contribution in [2.24, 2.45) is 5.73 Å². The Labute approximate surface area is 107 Å². The number of nitrogens with two attached hydrogens (primary N) is 1. The molecule has 0 atom stereocenters. The highest BCUT2D eigenvalue weighted by Crippen LogP contribution is 2.29. The molecule has 6 nitrogen and oxygen atoms in total. The van der Waals surface area contributed by atoms with Crippen LogP contribution in [0.5, 0.6) is 0 Å². The molecule has 2 aromatic rings. The van der Waals surface area contributed by atoms with Gasteiger partial charge in [-0.05, 0) is 6.07 Å². The summed E-state index contributed by atoms with van der Waals surface area (Å²) < 4.78 is 5.05. The Balaban J connectivity index is 0.00000144. The molecule has 0 radical (unpaired) electrons. The number of hydrogen-bond donors (Lipinski definition) is 1. The van der Waals surface area contributed by atoms with E-state index < -0.39 is 4.92 Å². The Morgan fingerprint density at radius 1 is 1.53 bits per heavy atom. The number of hydrogen-bond acceptors (Lipinski definition) is 6. The van der Waals surface area contributed by atoms with Crippen LogP contribution in [0.25, 0.3) is 11.0 Å². The van der Waals surface area contributed by atoms with Crippen LogP contribution < -0.4 is 5.73 Å². The smallest absolute Gasteiger partial charge is 0.270 e. The van der Waals surface area contributed by atoms with Crippen molar-refractivity contribution in [3.8, 4) is 0 Å². The second-order valence-corrected chi connectivity index (χ2v) is 4.15. The zero-order valence-corrected chi connectivity index (χ0v) is 10.3. The van der Waals surface area contributed by atoms with Gasteiger partial charge in [-0.1, -0.05) is 5.16 Å². The number of non-ortho nitro benzene ring substituents is 1. The number of halogens is 1. The summed E-state index contributed by atoms with van der Waals surface area (Å²) in [5.41, 5.74) is 5.96. The first kappa shape index (κ1) is 13.8. The maximum atomic E-state index is 10.6. The predicted molar refractivity (Wildman–Crippen MR) is 67.7 cm³/mol. The number of rotatable bonds is 4. The van der Waals surface area contributed by atoms with E-state index in [0.717, 1.165) is 0 Å². The van der Waals surface area contributed by atoms with Crippen LogP contribution in [0.15, 0.2) is 27.7 Å². The molecule has 0 aliphatic carbocycles. The Hall–Kier alpha value is -1.31. The van der Waals surface area contributed by atoms with Crippen molar-refractivity contribution in [2.45, 2.75) is 5.03 Å². The third-order valence-corrected chi connectivity index (χ3v) is 3.00. The average Bonchev–Trinajstić information content (AvgIpc) is 2.68. The van der Waals surface area contributed by atoms with E-state index in [1.54, 1.807) is 6.07 Å². The standard InChI is InChI=1S/C9H9N3O3S.ClH/c10-3-4-16-9-7-5-6(12(13)14)1-2-8(7)15-11-9;/h1-2,5H,3-4,10H2;1H. The molecule has 0 saturated carbocycles. The molecule has 0 unspecified atom stereocenters. The Bertz CT molecular complexity index is 531. The van der Waals surface area contributed by atoms with Crippen molar-refractivity contribution < 1.29 is 9.45 Å². The molecule has 0 aliphatic heterocycles. The van der Waals surface area contributed by atoms with Crippen LogP contribution in [0.4, 0.5) is 5.69 Å². The molecule has 1 aromatic carbocycles. The average molecular weight is 276 g/mol. The first-order valence-electron chi connectivity index (χ1n) is 4.59. The fourth-order valence-electron chi connectivity index (χ4n) is 1.28. The fraction of sp³-hybridized carbons (Fsp3) is 0.222. The van der Waals surface area contributed by atoms with E-state index in [9.17, 15) is 10.1 Å². The molecular formula is C9H10ClN3O3S. The molecule has 0 amide bonds. The molecule has 0 spiro atoms. The van der Waals surface area contributed by atoms with Crippen molar-refractivity contribution in [1.29, 1.82) is 0 Å². The van der Waals surface area contributed by atoms with Gasteiger partial charge < -0.3 is 10.3 Å². The zero-order valence-electron chi connectivity index (χ0n) is 8.66. The molecule has 0 aliphatic rings. The number of fused-ring (bicyclic) bond motifs is 1. The van der Waals surface area contributed by atoms with Crippen LogP contribution in [-0.4, -0.2) is 22.4 Å². The minimum Gasteiger partial charge on any atom is -0.355 e. The SMILES string of the molecule is Cl.NCCSc1noc2ccc([N+](=O)[O-])cc12. The van der Waals surface area contributed by atoms with E-state index in [-0.39, 0.29) is 18.1 Å². The van der Waals surface area contributed by atoms with Crippen molar-refractivity contribution in [1.82, 2.24) is 5.16 Å². The molecule has 0 saturated heterocycles. The predicted octanol–water partition coefficient (Wildman–Crippen LogP) is 2.21. The Kier molecular flexibility index (Phi) is 4.73. The topological polar surface area (TPSA) is 95.2 Å². The number of nitrogens with zero attached hydrogens (tertiary/aromatic N) is 2. The van der Waals surface area contributed by atoms with Gasteiger partial charge in [0.15, 0.2) is 5.58 Å². The third-order valence-electron chi connectivity index (χ3n) is 1.99. The molecule has 92 valence electrons. The maximum Gasteiger partial charge on any atom is 0.270 e. The second kappa shape index (κ2) is 5.85. The number of nitro groups is 1. The monoisotopic (exact) mass is 275 g/mol. The summed E-state index contributed by atoms with van der Waals surface area (Å²) in [6.45, 7) is 0.522. The summed E-state index contributed by atoms with van der Waals surface area (Å²) in [6, 6.07) is 4.41. The van der Waals surface area contributed by atoms with E-state index in [1.165, 1.54) is 23.9 Å². The second-order valence-electron chi connectivity index (χ2n) is 3.06. The zero-order chi connectivity index (χ0) is 11.5. The van der Waals surface area contributed by atoms with Crippen LogP contribution in [0.2, 0.25) is 0 Å². The third kappa shape index (κ3) is 2.87. The number of aromatic nitrogens is 1. The molecule has 1 heterocycles. The molecular weight excluding hydrogens is 266 g/mol. The quantitative estimate of drug-likeness (QED) is 0.522. The van der Waals surface area contributed by atoms with Gasteiger partial charge in [0.05, 0.1) is 10.3 Å². The molecule has 17 heavy (non-hydrogen) atoms. The van der Waals surface area contributed by atoms with E-state index in [0.29, 0.717) is 28.3 Å². The lowest BCUT2D eigenvalue weighted by Gasteiger charge is -1.94. The molecule has 0 bridgehead atoms. The van der Waals surface area contributed by atoms with E-state index >= 15 is 0 Å². The first-order valence-corrected chi connectivity index (χ1v) is 5.57. The lowest BCUT2D eigenvalue weighted by Crippen LogP contribution is -2.00. The van der Waals surface area contributed by atoms with Gasteiger partial charge in [0, 0.05) is 24.4 Å². The number of nitro benzene ring substituents is 1.